The van der Waals surface area contributed by atoms with E-state index in [1.165, 1.54) is 0 Å². The molecule has 0 aromatic heterocycles. The molecule has 0 saturated carbocycles. The normalized spacial score (nSPS) is 12.2. The van der Waals surface area contributed by atoms with Gasteiger partial charge in [0, 0.05) is 0 Å². The van der Waals surface area contributed by atoms with Crippen LogP contribution in [0.15, 0.2) is 23.1 Å². The van der Waals surface area contributed by atoms with E-state index in [0.717, 1.165) is 5.56 Å². The molecule has 0 N–H and O–H groups in total. The topological polar surface area (TPSA) is 60.4 Å². The average molecular weight is 298 g/mol. The van der Waals surface area contributed by atoms with E-state index >= 15 is 0 Å². The maximum Gasteiger partial charge on any atom is 0.307 e. The second-order valence-corrected chi connectivity index (χ2v) is 8.00. The van der Waals surface area contributed by atoms with Gasteiger partial charge in [-0.3, -0.25) is 4.79 Å². The maximum atomic E-state index is 12.3. The molecule has 112 valence electrons. The van der Waals surface area contributed by atoms with Crippen molar-refractivity contribution >= 4 is 15.8 Å². The first-order valence-electron chi connectivity index (χ1n) is 6.53. The van der Waals surface area contributed by atoms with Crippen molar-refractivity contribution in [3.8, 4) is 0 Å². The summed E-state index contributed by atoms with van der Waals surface area (Å²) in [6.07, 6.45) is -0.132. The summed E-state index contributed by atoms with van der Waals surface area (Å²) in [5, 5.41) is 0. The number of ether oxygens (including phenoxy) is 1. The Hall–Kier alpha value is -1.36. The molecular weight excluding hydrogens is 276 g/mol. The minimum Gasteiger partial charge on any atom is -0.460 e. The van der Waals surface area contributed by atoms with Gasteiger partial charge in [-0.1, -0.05) is 12.1 Å². The van der Waals surface area contributed by atoms with Crippen LogP contribution in [0, 0.1) is 13.8 Å². The molecule has 0 aliphatic rings. The monoisotopic (exact) mass is 298 g/mol. The van der Waals surface area contributed by atoms with Crippen molar-refractivity contribution in [1.29, 1.82) is 0 Å². The van der Waals surface area contributed by atoms with Gasteiger partial charge in [0.05, 0.1) is 17.1 Å². The summed E-state index contributed by atoms with van der Waals surface area (Å²) in [7, 11) is -3.46. The van der Waals surface area contributed by atoms with Crippen molar-refractivity contribution in [3.63, 3.8) is 0 Å². The highest BCUT2D eigenvalue weighted by Crippen LogP contribution is 2.19. The molecule has 0 fully saturated rings. The summed E-state index contributed by atoms with van der Waals surface area (Å²) in [5.41, 5.74) is 0.978. The number of carbonyl (C=O) groups excluding carboxylic acids is 1. The van der Waals surface area contributed by atoms with Crippen molar-refractivity contribution in [2.45, 2.75) is 51.5 Å². The Morgan fingerprint density at radius 1 is 1.20 bits per heavy atom. The molecule has 1 rings (SSSR count). The molecule has 0 unspecified atom stereocenters. The zero-order valence-electron chi connectivity index (χ0n) is 12.7. The highest BCUT2D eigenvalue weighted by atomic mass is 32.2. The number of sulfone groups is 1. The van der Waals surface area contributed by atoms with Crippen LogP contribution in [0.4, 0.5) is 0 Å². The zero-order valence-corrected chi connectivity index (χ0v) is 13.5. The van der Waals surface area contributed by atoms with Gasteiger partial charge >= 0.3 is 5.97 Å². The molecular formula is C15H22O4S. The Balaban J connectivity index is 2.81. The number of esters is 1. The third-order valence-electron chi connectivity index (χ3n) is 2.67. The van der Waals surface area contributed by atoms with E-state index in [-0.39, 0.29) is 12.2 Å². The number of rotatable bonds is 4. The molecule has 1 aromatic carbocycles. The fourth-order valence-corrected chi connectivity index (χ4v) is 3.34. The second kappa shape index (κ2) is 5.95. The molecule has 5 heteroatoms. The van der Waals surface area contributed by atoms with Crippen molar-refractivity contribution < 1.29 is 17.9 Å². The number of hydrogen-bond donors (Lipinski definition) is 0. The Bertz CT molecular complexity index is 595. The van der Waals surface area contributed by atoms with Gasteiger partial charge in [-0.25, -0.2) is 8.42 Å². The fourth-order valence-electron chi connectivity index (χ4n) is 1.76. The smallest absolute Gasteiger partial charge is 0.307 e. The Labute approximate surface area is 121 Å². The summed E-state index contributed by atoms with van der Waals surface area (Å²) in [4.78, 5) is 11.9. The molecule has 0 atom stereocenters. The van der Waals surface area contributed by atoms with Crippen molar-refractivity contribution in [2.75, 3.05) is 5.75 Å². The first-order valence-corrected chi connectivity index (χ1v) is 8.18. The summed E-state index contributed by atoms with van der Waals surface area (Å²) in [5.74, 6) is -0.724. The van der Waals surface area contributed by atoms with Gasteiger partial charge in [0.1, 0.15) is 5.60 Å². The predicted molar refractivity (Wildman–Crippen MR) is 78.4 cm³/mol. The van der Waals surface area contributed by atoms with Crippen LogP contribution in [0.5, 0.6) is 0 Å². The third-order valence-corrected chi connectivity index (χ3v) is 4.53. The van der Waals surface area contributed by atoms with Crippen LogP contribution < -0.4 is 0 Å². The summed E-state index contributed by atoms with van der Waals surface area (Å²) >= 11 is 0. The molecule has 0 radical (unpaired) electrons. The minimum atomic E-state index is -3.46. The Morgan fingerprint density at radius 2 is 1.80 bits per heavy atom. The largest absolute Gasteiger partial charge is 0.460 e. The molecule has 0 heterocycles. The lowest BCUT2D eigenvalue weighted by atomic mass is 10.2. The molecule has 0 aliphatic carbocycles. The lowest BCUT2D eigenvalue weighted by Crippen LogP contribution is -2.25. The second-order valence-electron chi connectivity index (χ2n) is 5.92. The molecule has 1 aromatic rings. The SMILES string of the molecule is Cc1ccc(C)c(S(=O)(=O)CCC(=O)OC(C)(C)C)c1. The van der Waals surface area contributed by atoms with Gasteiger partial charge in [-0.05, 0) is 51.8 Å². The Morgan fingerprint density at radius 3 is 2.35 bits per heavy atom. The molecule has 4 nitrogen and oxygen atoms in total. The Kier molecular flexibility index (Phi) is 4.97. The van der Waals surface area contributed by atoms with Crippen LogP contribution in [0.3, 0.4) is 0 Å². The van der Waals surface area contributed by atoms with Gasteiger partial charge < -0.3 is 4.74 Å². The number of hydrogen-bond acceptors (Lipinski definition) is 4. The first-order chi connectivity index (χ1) is 9.01. The van der Waals surface area contributed by atoms with Crippen molar-refractivity contribution in [2.24, 2.45) is 0 Å². The average Bonchev–Trinajstić information content (AvgIpc) is 2.27. The van der Waals surface area contributed by atoms with E-state index in [1.54, 1.807) is 39.8 Å². The minimum absolute atomic E-state index is 0.132. The van der Waals surface area contributed by atoms with E-state index in [2.05, 4.69) is 0 Å². The lowest BCUT2D eigenvalue weighted by Gasteiger charge is -2.19. The number of carbonyl (C=O) groups is 1. The third kappa shape index (κ3) is 4.96. The highest BCUT2D eigenvalue weighted by Gasteiger charge is 2.22. The van der Waals surface area contributed by atoms with E-state index in [0.29, 0.717) is 10.5 Å². The van der Waals surface area contributed by atoms with Crippen LogP contribution in [0.1, 0.15) is 38.3 Å². The van der Waals surface area contributed by atoms with Crippen LogP contribution in [-0.4, -0.2) is 25.7 Å². The zero-order chi connectivity index (χ0) is 15.6. The number of aryl methyl sites for hydroxylation is 2. The first kappa shape index (κ1) is 16.7. The highest BCUT2D eigenvalue weighted by molar-refractivity contribution is 7.91. The van der Waals surface area contributed by atoms with Gasteiger partial charge in [0.25, 0.3) is 0 Å². The van der Waals surface area contributed by atoms with Crippen LogP contribution in [-0.2, 0) is 19.4 Å². The van der Waals surface area contributed by atoms with Gasteiger partial charge in [0.15, 0.2) is 9.84 Å². The maximum absolute atomic E-state index is 12.3. The van der Waals surface area contributed by atoms with E-state index < -0.39 is 21.4 Å². The molecule has 0 bridgehead atoms. The van der Waals surface area contributed by atoms with Crippen LogP contribution in [0.2, 0.25) is 0 Å². The molecule has 0 aliphatic heterocycles. The summed E-state index contributed by atoms with van der Waals surface area (Å²) in [6.45, 7) is 8.85. The van der Waals surface area contributed by atoms with E-state index in [4.69, 9.17) is 4.74 Å². The predicted octanol–water partition coefficient (Wildman–Crippen LogP) is 2.81. The molecule has 0 amide bonds. The fraction of sp³-hybridized carbons (Fsp3) is 0.533. The van der Waals surface area contributed by atoms with Crippen LogP contribution >= 0.6 is 0 Å². The van der Waals surface area contributed by atoms with Crippen molar-refractivity contribution in [1.82, 2.24) is 0 Å². The van der Waals surface area contributed by atoms with Gasteiger partial charge in [0.2, 0.25) is 0 Å². The molecule has 20 heavy (non-hydrogen) atoms. The quantitative estimate of drug-likeness (QED) is 0.802. The van der Waals surface area contributed by atoms with Gasteiger partial charge in [-0.2, -0.15) is 0 Å². The summed E-state index contributed by atoms with van der Waals surface area (Å²) < 4.78 is 29.7. The van der Waals surface area contributed by atoms with Crippen LogP contribution in [0.25, 0.3) is 0 Å². The van der Waals surface area contributed by atoms with Gasteiger partial charge in [-0.15, -0.1) is 0 Å². The standard InChI is InChI=1S/C15H22O4S/c1-11-6-7-12(2)13(10-11)20(17,18)9-8-14(16)19-15(3,4)5/h6-7,10H,8-9H2,1-5H3. The molecule has 0 spiro atoms. The van der Waals surface area contributed by atoms with Crippen molar-refractivity contribution in [3.05, 3.63) is 29.3 Å². The van der Waals surface area contributed by atoms with E-state index in [9.17, 15) is 13.2 Å². The molecule has 0 saturated heterocycles. The van der Waals surface area contributed by atoms with E-state index in [1.807, 2.05) is 13.0 Å². The number of benzene rings is 1. The lowest BCUT2D eigenvalue weighted by molar-refractivity contribution is -0.154. The summed E-state index contributed by atoms with van der Waals surface area (Å²) in [6, 6.07) is 5.28.